The van der Waals surface area contributed by atoms with Gasteiger partial charge in [-0.1, -0.05) is 29.8 Å². The largest absolute Gasteiger partial charge is 0.491 e. The molecule has 8 rings (SSSR count). The number of rotatable bonds is 18. The number of nitrogens with one attached hydrogen (secondary N) is 2. The first-order valence-corrected chi connectivity index (χ1v) is 22.5. The average Bonchev–Trinajstić information content (AvgIpc) is 3.88. The number of thiophene rings is 1. The molecule has 5 amide bonds. The summed E-state index contributed by atoms with van der Waals surface area (Å²) in [5, 5.41) is 15.7. The van der Waals surface area contributed by atoms with Crippen molar-refractivity contribution in [3.63, 3.8) is 0 Å². The molecule has 2 N–H and O–H groups in total. The minimum atomic E-state index is -1.49. The van der Waals surface area contributed by atoms with E-state index >= 15 is 0 Å². The van der Waals surface area contributed by atoms with Crippen molar-refractivity contribution in [3.8, 4) is 10.8 Å². The summed E-state index contributed by atoms with van der Waals surface area (Å²) in [7, 11) is 0. The first kappa shape index (κ1) is 46.1. The summed E-state index contributed by atoms with van der Waals surface area (Å²) >= 11 is 7.89. The number of piperidine rings is 1. The number of carbonyl (C=O) groups is 5. The quantitative estimate of drug-likeness (QED) is 0.0555. The molecule has 19 heteroatoms. The molecule has 0 bridgehead atoms. The number of aromatic nitrogens is 3. The second-order valence-electron chi connectivity index (χ2n) is 15.9. The van der Waals surface area contributed by atoms with E-state index in [4.69, 9.17) is 35.5 Å². The normalized spacial score (nSPS) is 17.9. The van der Waals surface area contributed by atoms with Crippen molar-refractivity contribution in [2.75, 3.05) is 51.6 Å². The molecule has 1 saturated heterocycles. The van der Waals surface area contributed by atoms with E-state index in [0.29, 0.717) is 55.3 Å². The summed E-state index contributed by atoms with van der Waals surface area (Å²) in [4.78, 5) is 76.2. The van der Waals surface area contributed by atoms with Crippen molar-refractivity contribution >= 4 is 75.8 Å². The molecule has 0 spiro atoms. The maximum absolute atomic E-state index is 13.5. The summed E-state index contributed by atoms with van der Waals surface area (Å²) in [5.41, 5.74) is 3.45. The van der Waals surface area contributed by atoms with Gasteiger partial charge in [-0.2, -0.15) is 0 Å². The van der Waals surface area contributed by atoms with E-state index in [-0.39, 0.29) is 55.2 Å². The van der Waals surface area contributed by atoms with Gasteiger partial charge in [0.25, 0.3) is 17.7 Å². The maximum atomic E-state index is 13.5. The molecule has 2 aromatic heterocycles. The molecule has 0 radical (unpaired) electrons. The molecule has 342 valence electrons. The average molecular weight is 935 g/mol. The number of carbonyl (C=O) groups excluding carboxylic acids is 5. The molecule has 5 aromatic rings. The first-order chi connectivity index (χ1) is 31.8. The summed E-state index contributed by atoms with van der Waals surface area (Å²) in [6, 6.07) is 18.8. The van der Waals surface area contributed by atoms with Crippen LogP contribution in [0.4, 0.5) is 11.4 Å². The summed E-state index contributed by atoms with van der Waals surface area (Å²) in [5.74, 6) is -0.652. The fourth-order valence-corrected chi connectivity index (χ4v) is 9.26. The number of halogens is 1. The van der Waals surface area contributed by atoms with E-state index in [1.807, 2.05) is 35.8 Å². The number of amides is 5. The van der Waals surface area contributed by atoms with Crippen molar-refractivity contribution in [2.24, 2.45) is 9.98 Å². The molecule has 1 unspecified atom stereocenters. The van der Waals surface area contributed by atoms with Crippen LogP contribution in [-0.4, -0.2) is 113 Å². The Balaban J connectivity index is 0.731. The zero-order chi connectivity index (χ0) is 46.5. The van der Waals surface area contributed by atoms with Gasteiger partial charge >= 0.3 is 0 Å². The van der Waals surface area contributed by atoms with Gasteiger partial charge in [0.1, 0.15) is 34.8 Å². The summed E-state index contributed by atoms with van der Waals surface area (Å²) < 4.78 is 24.6. The lowest BCUT2D eigenvalue weighted by molar-refractivity contribution is -0.141. The van der Waals surface area contributed by atoms with Crippen LogP contribution in [0.2, 0.25) is 5.02 Å². The Bertz CT molecular complexity index is 2750. The van der Waals surface area contributed by atoms with E-state index in [0.717, 1.165) is 38.1 Å². The number of benzene rings is 3. The number of fused-ring (bicyclic) bond motifs is 4. The van der Waals surface area contributed by atoms with Gasteiger partial charge in [0, 0.05) is 39.3 Å². The van der Waals surface area contributed by atoms with E-state index < -0.39 is 35.2 Å². The number of aryl methyl sites for hydroxylation is 2. The van der Waals surface area contributed by atoms with Crippen molar-refractivity contribution in [1.82, 2.24) is 25.0 Å². The van der Waals surface area contributed by atoms with Crippen LogP contribution in [0.25, 0.3) is 5.00 Å². The Kier molecular flexibility index (Phi) is 14.0. The van der Waals surface area contributed by atoms with Gasteiger partial charge in [-0.15, -0.1) is 21.5 Å². The van der Waals surface area contributed by atoms with Gasteiger partial charge in [-0.05, 0) is 88.2 Å². The minimum absolute atomic E-state index is 0.0187. The highest BCUT2D eigenvalue weighted by atomic mass is 35.5. The molecule has 17 nitrogen and oxygen atoms in total. The van der Waals surface area contributed by atoms with Crippen molar-refractivity contribution in [2.45, 2.75) is 58.5 Å². The zero-order valence-electron chi connectivity index (χ0n) is 36.7. The van der Waals surface area contributed by atoms with Gasteiger partial charge in [0.05, 0.1) is 68.6 Å². The van der Waals surface area contributed by atoms with Gasteiger partial charge in [0.15, 0.2) is 5.82 Å². The highest BCUT2D eigenvalue weighted by Gasteiger charge is 2.53. The Morgan fingerprint density at radius 1 is 0.909 bits per heavy atom. The molecule has 0 saturated carbocycles. The number of nitrogens with zero attached hydrogens (tertiary/aromatic N) is 6. The van der Waals surface area contributed by atoms with E-state index in [2.05, 4.69) is 39.7 Å². The smallest absolute Gasteiger partial charge is 0.264 e. The molecule has 66 heavy (non-hydrogen) atoms. The van der Waals surface area contributed by atoms with Crippen LogP contribution in [0.15, 0.2) is 76.7 Å². The molecule has 3 aliphatic rings. The van der Waals surface area contributed by atoms with Crippen molar-refractivity contribution in [1.29, 1.82) is 0 Å². The van der Waals surface area contributed by atoms with Crippen LogP contribution >= 0.6 is 22.9 Å². The topological polar surface area (TPSA) is 205 Å². The molecule has 5 heterocycles. The van der Waals surface area contributed by atoms with E-state index in [1.54, 1.807) is 47.7 Å². The second-order valence-corrected chi connectivity index (χ2v) is 17.6. The Labute approximate surface area is 389 Å². The predicted octanol–water partition coefficient (Wildman–Crippen LogP) is 6.45. The number of hydrogen-bond acceptors (Lipinski definition) is 14. The van der Waals surface area contributed by atoms with E-state index in [9.17, 15) is 24.0 Å². The second kappa shape index (κ2) is 20.0. The molecule has 3 aliphatic heterocycles. The monoisotopic (exact) mass is 934 g/mol. The van der Waals surface area contributed by atoms with Gasteiger partial charge in [-0.3, -0.25) is 48.7 Å². The lowest BCUT2D eigenvalue weighted by Gasteiger charge is -2.38. The fraction of sp³-hybridized carbons (Fsp3) is 0.340. The Morgan fingerprint density at radius 2 is 1.62 bits per heavy atom. The number of imide groups is 2. The van der Waals surface area contributed by atoms with Gasteiger partial charge in [-0.25, -0.2) is 0 Å². The molecule has 3 aromatic carbocycles. The predicted molar refractivity (Wildman–Crippen MR) is 247 cm³/mol. The third-order valence-electron chi connectivity index (χ3n) is 11.5. The third kappa shape index (κ3) is 9.59. The van der Waals surface area contributed by atoms with Crippen LogP contribution in [-0.2, 0) is 28.6 Å². The number of aliphatic imine (C=N–C) groups is 2. The van der Waals surface area contributed by atoms with Gasteiger partial charge < -0.3 is 24.3 Å². The van der Waals surface area contributed by atoms with Gasteiger partial charge in [0.2, 0.25) is 11.8 Å². The number of anilines is 1. The Morgan fingerprint density at radius 3 is 2.35 bits per heavy atom. The van der Waals surface area contributed by atoms with Crippen LogP contribution in [0.1, 0.15) is 86.2 Å². The molecular formula is C47H47ClN8O9S. The lowest BCUT2D eigenvalue weighted by Crippen LogP contribution is -2.62. The third-order valence-corrected chi connectivity index (χ3v) is 12.9. The Hall–Kier alpha value is -6.44. The van der Waals surface area contributed by atoms with Crippen LogP contribution in [0.3, 0.4) is 0 Å². The number of hydrogen-bond donors (Lipinski definition) is 2. The molecule has 1 fully saturated rings. The van der Waals surface area contributed by atoms with Crippen LogP contribution < -0.4 is 15.4 Å². The standard InChI is InChI=1S/C47H47ClN8O9S/c1-27-28(2)66-45-39(27)41(30-8-10-31(48)11-9-30)51-36(42-54-53-29(3)55(42)45)26-38(58)50-32-12-14-33(15-13-32)65-25-24-64-23-22-63-21-20-62-19-18-49-35-7-5-6-34-40(35)44(60)56(43(34)59)47(4)17-16-37(57)52-46(47)61/h5-15,18,36H,16-17,19-26H2,1-4H3,(H,50,58)(H,52,57,61)/t36-,47?/m0/s1. The highest BCUT2D eigenvalue weighted by Crippen LogP contribution is 2.41. The van der Waals surface area contributed by atoms with E-state index in [1.165, 1.54) is 24.1 Å². The minimum Gasteiger partial charge on any atom is -0.491 e. The van der Waals surface area contributed by atoms with Crippen LogP contribution in [0.5, 0.6) is 5.75 Å². The number of ether oxygens (including phenoxy) is 4. The lowest BCUT2D eigenvalue weighted by atomic mass is 9.89. The summed E-state index contributed by atoms with van der Waals surface area (Å²) in [6.45, 7) is 9.64. The molecular weight excluding hydrogens is 888 g/mol. The van der Waals surface area contributed by atoms with Crippen molar-refractivity contribution in [3.05, 3.63) is 116 Å². The van der Waals surface area contributed by atoms with Crippen LogP contribution in [0, 0.1) is 20.8 Å². The first-order valence-electron chi connectivity index (χ1n) is 21.3. The fourth-order valence-electron chi connectivity index (χ4n) is 7.92. The summed E-state index contributed by atoms with van der Waals surface area (Å²) in [6.07, 6.45) is 1.59. The zero-order valence-corrected chi connectivity index (χ0v) is 38.3. The highest BCUT2D eigenvalue weighted by molar-refractivity contribution is 7.15. The molecule has 2 atom stereocenters. The van der Waals surface area contributed by atoms with Crippen molar-refractivity contribution < 1.29 is 42.9 Å². The SMILES string of the molecule is Cc1sc2c(c1C)C(c1ccc(Cl)cc1)=N[C@@H](CC(=O)Nc1ccc(OCCOCCOCCOCC=Nc3cccc4c3C(=O)N(C3(C)CCC(=O)NC3=O)C4=O)cc1)c1nnc(C)n1-2. The molecule has 0 aliphatic carbocycles. The maximum Gasteiger partial charge on any atom is 0.264 e.